The van der Waals surface area contributed by atoms with Crippen LogP contribution < -0.4 is 10.5 Å². The number of nitrogens with zero attached hydrogens (tertiary/aromatic N) is 8. The quantitative estimate of drug-likeness (QED) is 0.107. The molecule has 1 amide bonds. The van der Waals surface area contributed by atoms with Gasteiger partial charge in [0.1, 0.15) is 29.7 Å². The normalized spacial score (nSPS) is 16.0. The SMILES string of the molecule is CC(C)c1cc(-c2nncn2-c2ccc(CN3CCC(C(=O)N4CCC(n5cc(-c6cnc(N)c(O[C@H](C)c7c(Cl)ccc(F)c7Cl)c6)cn5)CC4)CC3)cc2)c(O)cc1O. The van der Waals surface area contributed by atoms with Crippen LogP contribution in [0.3, 0.4) is 0 Å². The number of halogens is 3. The van der Waals surface area contributed by atoms with Crippen LogP contribution in [0.1, 0.15) is 81.2 Å². The third-order valence-corrected chi connectivity index (χ3v) is 12.6. The number of nitrogens with two attached hydrogens (primary N) is 1. The van der Waals surface area contributed by atoms with Gasteiger partial charge < -0.3 is 25.6 Å². The summed E-state index contributed by atoms with van der Waals surface area (Å²) in [5.74, 6) is 0.693. The minimum atomic E-state index is -0.694. The topological polar surface area (TPSA) is 161 Å². The molecule has 4 N–H and O–H groups in total. The van der Waals surface area contributed by atoms with Gasteiger partial charge in [-0.25, -0.2) is 9.37 Å². The maximum atomic E-state index is 14.2. The molecule has 0 spiro atoms. The lowest BCUT2D eigenvalue weighted by Crippen LogP contribution is -2.45. The van der Waals surface area contributed by atoms with Crippen LogP contribution in [0.4, 0.5) is 10.2 Å². The third-order valence-electron chi connectivity index (χ3n) is 11.9. The number of phenols is 2. The van der Waals surface area contributed by atoms with Crippen LogP contribution in [0.25, 0.3) is 28.2 Å². The van der Waals surface area contributed by atoms with Gasteiger partial charge in [-0.2, -0.15) is 5.10 Å². The van der Waals surface area contributed by atoms with E-state index in [-0.39, 0.29) is 51.1 Å². The molecule has 6 aromatic rings. The second-order valence-electron chi connectivity index (χ2n) is 16.2. The largest absolute Gasteiger partial charge is 0.508 e. The van der Waals surface area contributed by atoms with E-state index in [1.165, 1.54) is 18.2 Å². The van der Waals surface area contributed by atoms with Gasteiger partial charge in [0.2, 0.25) is 5.91 Å². The lowest BCUT2D eigenvalue weighted by atomic mass is 9.93. The molecular formula is C45H48Cl2FN9O4. The highest BCUT2D eigenvalue weighted by Crippen LogP contribution is 2.39. The van der Waals surface area contributed by atoms with Crippen LogP contribution in [0.2, 0.25) is 10.0 Å². The number of ether oxygens (including phenoxy) is 1. The second kappa shape index (κ2) is 17.7. The molecule has 8 rings (SSSR count). The minimum Gasteiger partial charge on any atom is -0.508 e. The summed E-state index contributed by atoms with van der Waals surface area (Å²) in [6, 6.07) is 15.9. The van der Waals surface area contributed by atoms with Gasteiger partial charge in [-0.05, 0) is 99.1 Å². The number of pyridine rings is 1. The van der Waals surface area contributed by atoms with Crippen LogP contribution in [0.5, 0.6) is 17.2 Å². The van der Waals surface area contributed by atoms with E-state index in [1.54, 1.807) is 37.8 Å². The summed E-state index contributed by atoms with van der Waals surface area (Å²) < 4.78 is 24.1. The lowest BCUT2D eigenvalue weighted by molar-refractivity contribution is -0.138. The van der Waals surface area contributed by atoms with Gasteiger partial charge in [-0.3, -0.25) is 18.9 Å². The van der Waals surface area contributed by atoms with E-state index in [9.17, 15) is 19.4 Å². The Morgan fingerprint density at radius 1 is 0.934 bits per heavy atom. The van der Waals surface area contributed by atoms with E-state index < -0.39 is 11.9 Å². The molecule has 3 aromatic carbocycles. The molecule has 2 aliphatic heterocycles. The molecule has 2 fully saturated rings. The summed E-state index contributed by atoms with van der Waals surface area (Å²) in [5, 5.41) is 34.2. The molecule has 0 radical (unpaired) electrons. The van der Waals surface area contributed by atoms with E-state index >= 15 is 0 Å². The predicted molar refractivity (Wildman–Crippen MR) is 232 cm³/mol. The van der Waals surface area contributed by atoms with E-state index in [2.05, 4.69) is 37.3 Å². The molecule has 13 nitrogen and oxygen atoms in total. The number of rotatable bonds is 11. The molecule has 2 saturated heterocycles. The first-order chi connectivity index (χ1) is 29.3. The van der Waals surface area contributed by atoms with Gasteiger partial charge in [0.15, 0.2) is 17.4 Å². The monoisotopic (exact) mass is 867 g/mol. The second-order valence-corrected chi connectivity index (χ2v) is 17.0. The third kappa shape index (κ3) is 8.88. The van der Waals surface area contributed by atoms with Crippen LogP contribution in [-0.4, -0.2) is 81.6 Å². The van der Waals surface area contributed by atoms with Crippen molar-refractivity contribution in [3.05, 3.63) is 112 Å². The molecule has 0 unspecified atom stereocenters. The van der Waals surface area contributed by atoms with Crippen LogP contribution in [0, 0.1) is 11.7 Å². The standard InChI is InChI=1S/C45H48Cl2FN9O4/c1-26(2)34-19-35(39(59)20-38(34)58)44-53-51-25-56(44)32-6-4-28(5-7-32)23-54-14-10-29(11-15-54)45(60)55-16-12-33(13-17-55)57-24-31(22-52-57)30-18-40(43(49)50-21-30)61-27(3)41-36(46)8-9-37(48)42(41)47/h4-9,18-22,24-27,29,33,58-59H,10-17,23H2,1-3H3,(H2,49,50)/t27-/m1/s1. The maximum Gasteiger partial charge on any atom is 0.225 e. The number of carbonyl (C=O) groups is 1. The average Bonchev–Trinajstić information content (AvgIpc) is 3.95. The first-order valence-electron chi connectivity index (χ1n) is 20.5. The molecule has 2 aliphatic rings. The van der Waals surface area contributed by atoms with Crippen LogP contribution in [0.15, 0.2) is 79.5 Å². The first kappa shape index (κ1) is 42.0. The number of piperidine rings is 2. The van der Waals surface area contributed by atoms with Crippen molar-refractivity contribution in [2.45, 2.75) is 71.1 Å². The molecule has 5 heterocycles. The Balaban J connectivity index is 0.820. The van der Waals surface area contributed by atoms with Crippen molar-refractivity contribution in [3.63, 3.8) is 0 Å². The van der Waals surface area contributed by atoms with Gasteiger partial charge >= 0.3 is 0 Å². The Kier molecular flexibility index (Phi) is 12.2. The smallest absolute Gasteiger partial charge is 0.225 e. The van der Waals surface area contributed by atoms with Crippen molar-refractivity contribution in [3.8, 4) is 45.5 Å². The summed E-state index contributed by atoms with van der Waals surface area (Å²) in [6.07, 6.45) is 9.58. The number of aromatic nitrogens is 6. The van der Waals surface area contributed by atoms with Crippen molar-refractivity contribution in [2.24, 2.45) is 5.92 Å². The van der Waals surface area contributed by atoms with Crippen molar-refractivity contribution >= 4 is 34.9 Å². The summed E-state index contributed by atoms with van der Waals surface area (Å²) >= 11 is 12.5. The van der Waals surface area contributed by atoms with Gasteiger partial charge in [0, 0.05) is 71.4 Å². The number of likely N-dealkylation sites (tertiary alicyclic amines) is 2. The average molecular weight is 869 g/mol. The van der Waals surface area contributed by atoms with E-state index in [4.69, 9.17) is 33.7 Å². The Hall–Kier alpha value is -5.70. The van der Waals surface area contributed by atoms with Crippen molar-refractivity contribution in [2.75, 3.05) is 31.9 Å². The molecule has 61 heavy (non-hydrogen) atoms. The number of amides is 1. The molecule has 0 saturated carbocycles. The van der Waals surface area contributed by atoms with Gasteiger partial charge in [-0.1, -0.05) is 49.2 Å². The highest BCUT2D eigenvalue weighted by atomic mass is 35.5. The van der Waals surface area contributed by atoms with Gasteiger partial charge in [-0.15, -0.1) is 10.2 Å². The lowest BCUT2D eigenvalue weighted by Gasteiger charge is -2.37. The maximum absolute atomic E-state index is 14.2. The Labute approximate surface area is 363 Å². The summed E-state index contributed by atoms with van der Waals surface area (Å²) in [5.41, 5.74) is 11.3. The number of hydrogen-bond donors (Lipinski definition) is 3. The molecule has 318 valence electrons. The number of hydrogen-bond acceptors (Lipinski definition) is 10. The summed E-state index contributed by atoms with van der Waals surface area (Å²) in [7, 11) is 0. The van der Waals surface area contributed by atoms with Crippen molar-refractivity contribution < 1.29 is 24.1 Å². The van der Waals surface area contributed by atoms with E-state index in [0.717, 1.165) is 73.3 Å². The highest BCUT2D eigenvalue weighted by molar-refractivity contribution is 6.36. The zero-order valence-electron chi connectivity index (χ0n) is 34.2. The summed E-state index contributed by atoms with van der Waals surface area (Å²) in [4.78, 5) is 22.4. The van der Waals surface area contributed by atoms with Crippen molar-refractivity contribution in [1.29, 1.82) is 0 Å². The molecule has 0 bridgehead atoms. The van der Waals surface area contributed by atoms with Gasteiger partial charge in [0.05, 0.1) is 22.8 Å². The zero-order valence-corrected chi connectivity index (χ0v) is 35.7. The molecule has 16 heteroatoms. The first-order valence-corrected chi connectivity index (χ1v) is 21.3. The Morgan fingerprint density at radius 3 is 2.39 bits per heavy atom. The number of phenolic OH excluding ortho intramolecular Hbond substituents is 2. The van der Waals surface area contributed by atoms with Crippen molar-refractivity contribution in [1.82, 2.24) is 39.3 Å². The number of benzene rings is 3. The predicted octanol–water partition coefficient (Wildman–Crippen LogP) is 8.97. The van der Waals surface area contributed by atoms with E-state index in [0.29, 0.717) is 35.8 Å². The molecule has 0 aliphatic carbocycles. The molecule has 1 atom stereocenters. The zero-order chi connectivity index (χ0) is 42.9. The number of nitrogen functional groups attached to an aromatic ring is 1. The van der Waals surface area contributed by atoms with Crippen LogP contribution >= 0.6 is 23.2 Å². The van der Waals surface area contributed by atoms with Crippen LogP contribution in [-0.2, 0) is 11.3 Å². The fourth-order valence-corrected chi connectivity index (χ4v) is 9.05. The number of anilines is 1. The number of aromatic hydroxyl groups is 2. The molecular weight excluding hydrogens is 820 g/mol. The Morgan fingerprint density at radius 2 is 1.67 bits per heavy atom. The Bertz CT molecular complexity index is 2530. The molecule has 3 aromatic heterocycles. The van der Waals surface area contributed by atoms with Gasteiger partial charge in [0.25, 0.3) is 0 Å². The minimum absolute atomic E-state index is 0.0105. The highest BCUT2D eigenvalue weighted by Gasteiger charge is 2.32. The summed E-state index contributed by atoms with van der Waals surface area (Å²) in [6.45, 7) is 9.50. The fraction of sp³-hybridized carbons (Fsp3) is 0.356. The number of carbonyl (C=O) groups excluding carboxylic acids is 1. The fourth-order valence-electron chi connectivity index (χ4n) is 8.37. The van der Waals surface area contributed by atoms with E-state index in [1.807, 2.05) is 46.3 Å².